The molecule has 2 aliphatic rings. The quantitative estimate of drug-likeness (QED) is 0.570. The Balaban J connectivity index is 1.87. The average Bonchev–Trinajstić information content (AvgIpc) is 2.72. The van der Waals surface area contributed by atoms with Gasteiger partial charge < -0.3 is 10.1 Å². The van der Waals surface area contributed by atoms with Gasteiger partial charge in [0, 0.05) is 12.5 Å². The predicted octanol–water partition coefficient (Wildman–Crippen LogP) is 1.39. The fourth-order valence-corrected chi connectivity index (χ4v) is 2.76. The fraction of sp³-hybridized carbons (Fsp3) is 0.833. The van der Waals surface area contributed by atoms with Gasteiger partial charge in [-0.1, -0.05) is 19.8 Å². The van der Waals surface area contributed by atoms with Crippen LogP contribution < -0.4 is 5.32 Å². The first kappa shape index (κ1) is 11.6. The monoisotopic (exact) mass is 225 g/mol. The highest BCUT2D eigenvalue weighted by Gasteiger charge is 2.39. The second-order valence-electron chi connectivity index (χ2n) is 4.75. The van der Waals surface area contributed by atoms with Gasteiger partial charge in [-0.15, -0.1) is 0 Å². The van der Waals surface area contributed by atoms with Crippen molar-refractivity contribution < 1.29 is 14.3 Å². The minimum absolute atomic E-state index is 0.255. The maximum atomic E-state index is 11.7. The third kappa shape index (κ3) is 2.43. The Kier molecular flexibility index (Phi) is 3.59. The molecule has 4 heteroatoms. The molecule has 90 valence electrons. The van der Waals surface area contributed by atoms with E-state index in [1.807, 2.05) is 0 Å². The topological polar surface area (TPSA) is 55.4 Å². The van der Waals surface area contributed by atoms with Crippen molar-refractivity contribution in [1.29, 1.82) is 0 Å². The van der Waals surface area contributed by atoms with Crippen molar-refractivity contribution in [3.63, 3.8) is 0 Å². The number of carbonyl (C=O) groups excluding carboxylic acids is 2. The molecule has 0 aromatic heterocycles. The maximum Gasteiger partial charge on any atom is 0.330 e. The summed E-state index contributed by atoms with van der Waals surface area (Å²) in [5.74, 6) is -0.217. The first-order valence-corrected chi connectivity index (χ1v) is 6.21. The van der Waals surface area contributed by atoms with Gasteiger partial charge >= 0.3 is 11.9 Å². The first-order chi connectivity index (χ1) is 7.70. The molecule has 1 saturated carbocycles. The molecule has 4 nitrogen and oxygen atoms in total. The Labute approximate surface area is 95.7 Å². The largest absolute Gasteiger partial charge is 0.392 e. The maximum absolute atomic E-state index is 11.7. The van der Waals surface area contributed by atoms with Crippen molar-refractivity contribution >= 4 is 11.9 Å². The molecule has 2 rings (SSSR count). The lowest BCUT2D eigenvalue weighted by Gasteiger charge is -2.24. The van der Waals surface area contributed by atoms with E-state index in [9.17, 15) is 9.59 Å². The molecule has 0 aromatic carbocycles. The van der Waals surface area contributed by atoms with Gasteiger partial charge in [0.1, 0.15) is 6.04 Å². The van der Waals surface area contributed by atoms with Crippen molar-refractivity contribution in [3.05, 3.63) is 0 Å². The summed E-state index contributed by atoms with van der Waals surface area (Å²) in [6, 6.07) is 0.201. The van der Waals surface area contributed by atoms with Gasteiger partial charge in [-0.2, -0.15) is 0 Å². The van der Waals surface area contributed by atoms with Crippen LogP contribution >= 0.6 is 0 Å². The molecule has 0 spiro atoms. The molecule has 0 amide bonds. The van der Waals surface area contributed by atoms with E-state index < -0.39 is 5.97 Å². The van der Waals surface area contributed by atoms with Gasteiger partial charge in [-0.25, -0.2) is 4.79 Å². The Morgan fingerprint density at radius 2 is 2.06 bits per heavy atom. The van der Waals surface area contributed by atoms with E-state index in [4.69, 9.17) is 4.74 Å². The Bertz CT molecular complexity index is 276. The van der Waals surface area contributed by atoms with Crippen LogP contribution in [0.5, 0.6) is 0 Å². The number of fused-ring (bicyclic) bond motifs is 1. The minimum Gasteiger partial charge on any atom is -0.392 e. The summed E-state index contributed by atoms with van der Waals surface area (Å²) in [7, 11) is 0. The molecular formula is C12H19NO3. The van der Waals surface area contributed by atoms with E-state index in [0.29, 0.717) is 12.0 Å². The van der Waals surface area contributed by atoms with Crippen LogP contribution in [0.15, 0.2) is 0 Å². The molecule has 1 heterocycles. The van der Waals surface area contributed by atoms with E-state index in [-0.39, 0.29) is 18.4 Å². The van der Waals surface area contributed by atoms with Crippen LogP contribution in [-0.2, 0) is 14.3 Å². The predicted molar refractivity (Wildman–Crippen MR) is 58.7 cm³/mol. The molecular weight excluding hydrogens is 206 g/mol. The van der Waals surface area contributed by atoms with E-state index in [1.54, 1.807) is 6.92 Å². The molecule has 1 aliphatic carbocycles. The van der Waals surface area contributed by atoms with Crippen LogP contribution in [0.4, 0.5) is 0 Å². The van der Waals surface area contributed by atoms with Crippen LogP contribution in [-0.4, -0.2) is 24.0 Å². The van der Waals surface area contributed by atoms with Crippen LogP contribution in [0.2, 0.25) is 0 Å². The van der Waals surface area contributed by atoms with Gasteiger partial charge in [-0.3, -0.25) is 4.79 Å². The van der Waals surface area contributed by atoms with Crippen molar-refractivity contribution in [2.45, 2.75) is 57.5 Å². The molecule has 3 unspecified atom stereocenters. The first-order valence-electron chi connectivity index (χ1n) is 6.21. The van der Waals surface area contributed by atoms with Crippen LogP contribution in [0.3, 0.4) is 0 Å². The van der Waals surface area contributed by atoms with E-state index >= 15 is 0 Å². The lowest BCUT2D eigenvalue weighted by Crippen LogP contribution is -2.38. The summed E-state index contributed by atoms with van der Waals surface area (Å²) in [5.41, 5.74) is 0. The zero-order valence-electron chi connectivity index (χ0n) is 9.70. The molecule has 16 heavy (non-hydrogen) atoms. The lowest BCUT2D eigenvalue weighted by molar-refractivity contribution is -0.160. The van der Waals surface area contributed by atoms with Gasteiger partial charge in [0.15, 0.2) is 0 Å². The third-order valence-corrected chi connectivity index (χ3v) is 3.65. The van der Waals surface area contributed by atoms with Gasteiger partial charge in [0.05, 0.1) is 0 Å². The molecule has 1 aliphatic heterocycles. The van der Waals surface area contributed by atoms with E-state index in [1.165, 1.54) is 19.3 Å². The van der Waals surface area contributed by atoms with E-state index in [0.717, 1.165) is 12.8 Å². The second-order valence-corrected chi connectivity index (χ2v) is 4.75. The number of ether oxygens (including phenoxy) is 1. The average molecular weight is 225 g/mol. The third-order valence-electron chi connectivity index (χ3n) is 3.65. The van der Waals surface area contributed by atoms with Gasteiger partial charge in [0.25, 0.3) is 0 Å². The summed E-state index contributed by atoms with van der Waals surface area (Å²) in [4.78, 5) is 22.7. The summed E-state index contributed by atoms with van der Waals surface area (Å²) in [5, 5.41) is 3.30. The molecule has 1 saturated heterocycles. The highest BCUT2D eigenvalue weighted by Crippen LogP contribution is 2.33. The molecule has 1 N–H and O–H groups in total. The lowest BCUT2D eigenvalue weighted by atomic mass is 9.85. The van der Waals surface area contributed by atoms with Crippen LogP contribution in [0, 0.1) is 5.92 Å². The highest BCUT2D eigenvalue weighted by molar-refractivity contribution is 5.88. The van der Waals surface area contributed by atoms with Crippen molar-refractivity contribution in [3.8, 4) is 0 Å². The normalized spacial score (nSPS) is 33.2. The van der Waals surface area contributed by atoms with Crippen LogP contribution in [0.25, 0.3) is 0 Å². The SMILES string of the molecule is CCC(=O)OC(=O)C1CC2CCCCC2N1. The molecule has 2 fully saturated rings. The highest BCUT2D eigenvalue weighted by atomic mass is 16.6. The molecule has 3 atom stereocenters. The number of hydrogen-bond donors (Lipinski definition) is 1. The smallest absolute Gasteiger partial charge is 0.330 e. The molecule has 0 radical (unpaired) electrons. The summed E-state index contributed by atoms with van der Waals surface area (Å²) >= 11 is 0. The second kappa shape index (κ2) is 4.95. The summed E-state index contributed by atoms with van der Waals surface area (Å²) in [6.45, 7) is 1.69. The Hall–Kier alpha value is -0.900. The number of esters is 2. The standard InChI is InChI=1S/C12H19NO3/c1-2-11(14)16-12(15)10-7-8-5-3-4-6-9(8)13-10/h8-10,13H,2-7H2,1H3. The van der Waals surface area contributed by atoms with Crippen molar-refractivity contribution in [1.82, 2.24) is 5.32 Å². The Morgan fingerprint density at radius 1 is 1.31 bits per heavy atom. The summed E-state index contributed by atoms with van der Waals surface area (Å²) in [6.07, 6.45) is 5.94. The van der Waals surface area contributed by atoms with Gasteiger partial charge in [-0.05, 0) is 25.2 Å². The fourth-order valence-electron chi connectivity index (χ4n) is 2.76. The van der Waals surface area contributed by atoms with E-state index in [2.05, 4.69) is 5.32 Å². The molecule has 0 aromatic rings. The number of carbonyl (C=O) groups is 2. The van der Waals surface area contributed by atoms with Crippen molar-refractivity contribution in [2.75, 3.05) is 0 Å². The molecule has 0 bridgehead atoms. The minimum atomic E-state index is -0.429. The zero-order valence-corrected chi connectivity index (χ0v) is 9.70. The number of rotatable bonds is 2. The van der Waals surface area contributed by atoms with Crippen molar-refractivity contribution in [2.24, 2.45) is 5.92 Å². The number of nitrogens with one attached hydrogen (secondary N) is 1. The van der Waals surface area contributed by atoms with Crippen LogP contribution in [0.1, 0.15) is 45.4 Å². The zero-order chi connectivity index (χ0) is 11.5. The Morgan fingerprint density at radius 3 is 2.75 bits per heavy atom. The van der Waals surface area contributed by atoms with Gasteiger partial charge in [0.2, 0.25) is 0 Å². The number of hydrogen-bond acceptors (Lipinski definition) is 4. The summed E-state index contributed by atoms with van der Waals surface area (Å²) < 4.78 is 4.75.